The van der Waals surface area contributed by atoms with Gasteiger partial charge in [-0.3, -0.25) is 14.5 Å². The molecule has 0 bridgehead atoms. The van der Waals surface area contributed by atoms with Crippen LogP contribution in [0.1, 0.15) is 40.1 Å². The number of hydrogen-bond acceptors (Lipinski definition) is 4. The molecule has 1 saturated heterocycles. The Morgan fingerprint density at radius 3 is 2.41 bits per heavy atom. The zero-order chi connectivity index (χ0) is 24.1. The summed E-state index contributed by atoms with van der Waals surface area (Å²) in [6.07, 6.45) is -1.36. The largest absolute Gasteiger partial charge is 0.438 e. The Balaban J connectivity index is 1.59. The van der Waals surface area contributed by atoms with E-state index in [-0.39, 0.29) is 18.4 Å². The van der Waals surface area contributed by atoms with Crippen molar-refractivity contribution in [2.24, 2.45) is 0 Å². The van der Waals surface area contributed by atoms with Crippen LogP contribution in [0.5, 0.6) is 0 Å². The van der Waals surface area contributed by atoms with E-state index in [9.17, 15) is 14.4 Å². The Morgan fingerprint density at radius 2 is 1.71 bits per heavy atom. The lowest BCUT2D eigenvalue weighted by Crippen LogP contribution is -2.46. The van der Waals surface area contributed by atoms with Crippen molar-refractivity contribution in [3.63, 3.8) is 0 Å². The monoisotopic (exact) mass is 457 g/mol. The first kappa shape index (κ1) is 23.0. The van der Waals surface area contributed by atoms with Gasteiger partial charge in [-0.1, -0.05) is 60.2 Å². The minimum atomic E-state index is -0.839. The Labute approximate surface area is 198 Å². The van der Waals surface area contributed by atoms with Gasteiger partial charge in [0.1, 0.15) is 0 Å². The van der Waals surface area contributed by atoms with Gasteiger partial charge in [0, 0.05) is 17.8 Å². The zero-order valence-corrected chi connectivity index (χ0v) is 19.2. The number of carbonyl (C=O) groups excluding carboxylic acids is 3. The van der Waals surface area contributed by atoms with E-state index in [0.717, 1.165) is 11.1 Å². The van der Waals surface area contributed by atoms with Gasteiger partial charge in [0.05, 0.1) is 6.54 Å². The fourth-order valence-electron chi connectivity index (χ4n) is 3.97. The average molecular weight is 458 g/mol. The summed E-state index contributed by atoms with van der Waals surface area (Å²) in [6, 6.07) is 22.9. The molecule has 7 heteroatoms. The van der Waals surface area contributed by atoms with Crippen molar-refractivity contribution in [3.8, 4) is 0 Å². The summed E-state index contributed by atoms with van der Waals surface area (Å²) in [5, 5.41) is 5.68. The van der Waals surface area contributed by atoms with E-state index in [2.05, 4.69) is 10.6 Å². The van der Waals surface area contributed by atoms with Crippen LogP contribution < -0.4 is 10.6 Å². The van der Waals surface area contributed by atoms with Gasteiger partial charge in [0.25, 0.3) is 5.91 Å². The van der Waals surface area contributed by atoms with Gasteiger partial charge in [-0.15, -0.1) is 0 Å². The summed E-state index contributed by atoms with van der Waals surface area (Å²) in [7, 11) is 0. The maximum Gasteiger partial charge on any atom is 0.411 e. The zero-order valence-electron chi connectivity index (χ0n) is 19.2. The van der Waals surface area contributed by atoms with Gasteiger partial charge in [-0.2, -0.15) is 0 Å². The number of hydrogen-bond donors (Lipinski definition) is 2. The van der Waals surface area contributed by atoms with Crippen LogP contribution in [-0.2, 0) is 16.1 Å². The van der Waals surface area contributed by atoms with Crippen molar-refractivity contribution in [2.75, 3.05) is 11.9 Å². The van der Waals surface area contributed by atoms with E-state index >= 15 is 0 Å². The summed E-state index contributed by atoms with van der Waals surface area (Å²) >= 11 is 0. The Morgan fingerprint density at radius 1 is 0.971 bits per heavy atom. The first-order chi connectivity index (χ1) is 16.5. The topological polar surface area (TPSA) is 87.7 Å². The summed E-state index contributed by atoms with van der Waals surface area (Å²) in [5.41, 5.74) is 3.72. The molecule has 3 aromatic carbocycles. The predicted molar refractivity (Wildman–Crippen MR) is 129 cm³/mol. The molecule has 1 fully saturated rings. The third-order valence-corrected chi connectivity index (χ3v) is 5.69. The van der Waals surface area contributed by atoms with Crippen molar-refractivity contribution >= 4 is 23.6 Å². The van der Waals surface area contributed by atoms with Crippen LogP contribution in [0.25, 0.3) is 0 Å². The van der Waals surface area contributed by atoms with Crippen molar-refractivity contribution in [1.29, 1.82) is 0 Å². The molecule has 1 heterocycles. The quantitative estimate of drug-likeness (QED) is 0.549. The lowest BCUT2D eigenvalue weighted by Gasteiger charge is -2.24. The van der Waals surface area contributed by atoms with Crippen LogP contribution in [0.2, 0.25) is 0 Å². The van der Waals surface area contributed by atoms with E-state index in [1.807, 2.05) is 44.2 Å². The van der Waals surface area contributed by atoms with Crippen LogP contribution in [0.4, 0.5) is 10.5 Å². The summed E-state index contributed by atoms with van der Waals surface area (Å²) in [4.78, 5) is 39.9. The number of benzene rings is 3. The van der Waals surface area contributed by atoms with Crippen LogP contribution in [0, 0.1) is 6.92 Å². The molecule has 1 aliphatic heterocycles. The number of likely N-dealkylation sites (N-methyl/N-ethyl adjacent to an activating group) is 1. The molecule has 0 spiro atoms. The van der Waals surface area contributed by atoms with Crippen LogP contribution in [0.3, 0.4) is 0 Å². The minimum absolute atomic E-state index is 0.248. The molecule has 34 heavy (non-hydrogen) atoms. The molecule has 0 aliphatic carbocycles. The third kappa shape index (κ3) is 5.09. The van der Waals surface area contributed by atoms with Gasteiger partial charge in [0.15, 0.2) is 12.1 Å². The number of aryl methyl sites for hydroxylation is 1. The molecular weight excluding hydrogens is 430 g/mol. The molecule has 0 saturated carbocycles. The van der Waals surface area contributed by atoms with Crippen molar-refractivity contribution in [2.45, 2.75) is 32.5 Å². The molecule has 3 amide bonds. The molecule has 0 unspecified atom stereocenters. The maximum absolute atomic E-state index is 13.0. The molecule has 174 valence electrons. The maximum atomic E-state index is 13.0. The molecule has 0 radical (unpaired) electrons. The lowest BCUT2D eigenvalue weighted by molar-refractivity contribution is -0.126. The van der Waals surface area contributed by atoms with Crippen LogP contribution >= 0.6 is 0 Å². The van der Waals surface area contributed by atoms with Crippen molar-refractivity contribution < 1.29 is 19.1 Å². The highest BCUT2D eigenvalue weighted by atomic mass is 16.6. The molecule has 4 rings (SSSR count). The number of carbonyl (C=O) groups is 3. The molecule has 2 atom stereocenters. The van der Waals surface area contributed by atoms with Gasteiger partial charge < -0.3 is 15.4 Å². The fourth-order valence-corrected chi connectivity index (χ4v) is 3.97. The number of cyclic esters (lactones) is 1. The number of nitrogens with zero attached hydrogens (tertiary/aromatic N) is 1. The smallest absolute Gasteiger partial charge is 0.411 e. The Kier molecular flexibility index (Phi) is 6.92. The van der Waals surface area contributed by atoms with Gasteiger partial charge >= 0.3 is 6.09 Å². The van der Waals surface area contributed by atoms with E-state index in [1.165, 1.54) is 4.90 Å². The minimum Gasteiger partial charge on any atom is -0.438 e. The number of rotatable bonds is 7. The second-order valence-electron chi connectivity index (χ2n) is 8.20. The summed E-state index contributed by atoms with van der Waals surface area (Å²) < 4.78 is 5.69. The number of nitrogens with one attached hydrogen (secondary N) is 2. The molecule has 2 N–H and O–H groups in total. The summed E-state index contributed by atoms with van der Waals surface area (Å²) in [5.74, 6) is -0.536. The van der Waals surface area contributed by atoms with E-state index in [4.69, 9.17) is 4.74 Å². The van der Waals surface area contributed by atoms with Gasteiger partial charge in [0.2, 0.25) is 5.91 Å². The standard InChI is InChI=1S/C27H27N3O4/c1-3-28-26(32)23-24(34-27(33)30(23)17-19-14-12-18(2)13-15-19)21-10-7-11-22(16-21)29-25(31)20-8-5-4-6-9-20/h4-16,23-24H,3,17H2,1-2H3,(H,28,32)(H,29,31)/t23-,24-/m0/s1. The fraction of sp³-hybridized carbons (Fsp3) is 0.222. The van der Waals surface area contributed by atoms with E-state index < -0.39 is 18.2 Å². The number of ether oxygens (including phenoxy) is 1. The van der Waals surface area contributed by atoms with E-state index in [1.54, 1.807) is 48.5 Å². The second-order valence-corrected chi connectivity index (χ2v) is 8.20. The Hall–Kier alpha value is -4.13. The Bertz CT molecular complexity index is 1180. The first-order valence-corrected chi connectivity index (χ1v) is 11.2. The first-order valence-electron chi connectivity index (χ1n) is 11.2. The SMILES string of the molecule is CCNC(=O)[C@@H]1[C@H](c2cccc(NC(=O)c3ccccc3)c2)OC(=O)N1Cc1ccc(C)cc1. The third-order valence-electron chi connectivity index (χ3n) is 5.69. The van der Waals surface area contributed by atoms with Gasteiger partial charge in [-0.25, -0.2) is 4.79 Å². The van der Waals surface area contributed by atoms with Crippen LogP contribution in [0.15, 0.2) is 78.9 Å². The molecule has 1 aliphatic rings. The molecule has 0 aromatic heterocycles. The van der Waals surface area contributed by atoms with Crippen molar-refractivity contribution in [3.05, 3.63) is 101 Å². The van der Waals surface area contributed by atoms with Crippen molar-refractivity contribution in [1.82, 2.24) is 10.2 Å². The van der Waals surface area contributed by atoms with E-state index in [0.29, 0.717) is 23.4 Å². The normalized spacial score (nSPS) is 17.2. The summed E-state index contributed by atoms with van der Waals surface area (Å²) in [6.45, 7) is 4.50. The number of anilines is 1. The number of amides is 3. The highest BCUT2D eigenvalue weighted by Gasteiger charge is 2.46. The second kappa shape index (κ2) is 10.2. The molecule has 3 aromatic rings. The highest BCUT2D eigenvalue weighted by Crippen LogP contribution is 2.35. The van der Waals surface area contributed by atoms with Gasteiger partial charge in [-0.05, 0) is 49.2 Å². The van der Waals surface area contributed by atoms with Crippen LogP contribution in [-0.4, -0.2) is 35.4 Å². The predicted octanol–water partition coefficient (Wildman–Crippen LogP) is 4.45. The molecule has 7 nitrogen and oxygen atoms in total. The average Bonchev–Trinajstić information content (AvgIpc) is 3.17. The lowest BCUT2D eigenvalue weighted by atomic mass is 10.00. The highest BCUT2D eigenvalue weighted by molar-refractivity contribution is 6.04. The molecular formula is C27H27N3O4.